The molecule has 0 aliphatic heterocycles. The SMILES string of the molecule is C[C@]1(COC(=O)c2ccccc2)[C@@H](COC(=O)c2ccccc2)[C@@](C)(O)CC[C@H]1[Hg][Cl]. The summed E-state index contributed by atoms with van der Waals surface area (Å²) < 4.78 is 11.5. The van der Waals surface area contributed by atoms with E-state index in [0.29, 0.717) is 17.5 Å². The van der Waals surface area contributed by atoms with Crippen LogP contribution in [0.3, 0.4) is 0 Å². The molecule has 7 heteroatoms. The van der Waals surface area contributed by atoms with Gasteiger partial charge >= 0.3 is 200 Å². The van der Waals surface area contributed by atoms with Gasteiger partial charge in [-0.25, -0.2) is 0 Å². The number of halogens is 1. The number of rotatable bonds is 7. The van der Waals surface area contributed by atoms with Gasteiger partial charge in [-0.2, -0.15) is 0 Å². The Morgan fingerprint density at radius 2 is 1.52 bits per heavy atom. The Balaban J connectivity index is 1.78. The van der Waals surface area contributed by atoms with Gasteiger partial charge in [0, 0.05) is 0 Å². The van der Waals surface area contributed by atoms with E-state index in [2.05, 4.69) is 0 Å². The number of ether oxygens (including phenoxy) is 2. The van der Waals surface area contributed by atoms with Crippen LogP contribution in [0.15, 0.2) is 60.7 Å². The van der Waals surface area contributed by atoms with Crippen LogP contribution >= 0.6 is 8.25 Å². The van der Waals surface area contributed by atoms with E-state index in [0.717, 1.165) is 6.42 Å². The Labute approximate surface area is 199 Å². The van der Waals surface area contributed by atoms with Crippen molar-refractivity contribution in [3.63, 3.8) is 0 Å². The molecule has 2 aromatic rings. The quantitative estimate of drug-likeness (QED) is 0.348. The maximum atomic E-state index is 12.6. The molecule has 31 heavy (non-hydrogen) atoms. The molecule has 1 saturated carbocycles. The third-order valence-electron chi connectivity index (χ3n) is 6.58. The molecule has 162 valence electrons. The van der Waals surface area contributed by atoms with Crippen molar-refractivity contribution in [2.45, 2.75) is 35.7 Å². The number of carbonyl (C=O) groups is 2. The topological polar surface area (TPSA) is 72.8 Å². The van der Waals surface area contributed by atoms with Crippen LogP contribution in [0, 0.1) is 11.3 Å². The van der Waals surface area contributed by atoms with Crippen LogP contribution in [-0.2, 0) is 32.8 Å². The molecule has 0 aromatic heterocycles. The summed E-state index contributed by atoms with van der Waals surface area (Å²) in [7, 11) is 6.51. The van der Waals surface area contributed by atoms with E-state index in [9.17, 15) is 14.7 Å². The molecular formula is C24H27ClHgO5. The second-order valence-corrected chi connectivity index (χ2v) is 16.5. The average molecular weight is 632 g/mol. The zero-order chi connectivity index (χ0) is 22.5. The molecule has 0 bridgehead atoms. The van der Waals surface area contributed by atoms with E-state index in [-0.39, 0.29) is 16.6 Å². The van der Waals surface area contributed by atoms with E-state index in [1.54, 1.807) is 55.5 Å². The molecule has 1 aliphatic carbocycles. The first-order valence-corrected chi connectivity index (χ1v) is 20.4. The summed E-state index contributed by atoms with van der Waals surface area (Å²) in [4.78, 5) is 25.1. The average Bonchev–Trinajstić information content (AvgIpc) is 2.78. The molecule has 4 atom stereocenters. The third kappa shape index (κ3) is 5.68. The number of hydrogen-bond acceptors (Lipinski definition) is 5. The molecule has 3 rings (SSSR count). The normalized spacial score (nSPS) is 27.7. The van der Waals surface area contributed by atoms with Gasteiger partial charge < -0.3 is 0 Å². The van der Waals surface area contributed by atoms with Gasteiger partial charge in [-0.3, -0.25) is 0 Å². The molecule has 0 spiro atoms. The summed E-state index contributed by atoms with van der Waals surface area (Å²) in [6.07, 6.45) is 1.38. The maximum absolute atomic E-state index is 12.6. The minimum atomic E-state index is -1.79. The summed E-state index contributed by atoms with van der Waals surface area (Å²) in [6.45, 7) is 3.95. The Bertz CT molecular complexity index is 889. The van der Waals surface area contributed by atoms with Gasteiger partial charge in [0.2, 0.25) is 0 Å². The van der Waals surface area contributed by atoms with Crippen LogP contribution in [0.5, 0.6) is 0 Å². The second kappa shape index (κ2) is 10.5. The fourth-order valence-corrected chi connectivity index (χ4v) is 13.3. The summed E-state index contributed by atoms with van der Waals surface area (Å²) >= 11 is -1.79. The van der Waals surface area contributed by atoms with Gasteiger partial charge in [0.1, 0.15) is 0 Å². The van der Waals surface area contributed by atoms with E-state index < -0.39 is 52.2 Å². The molecule has 0 unspecified atom stereocenters. The number of benzene rings is 2. The van der Waals surface area contributed by atoms with Crippen molar-refractivity contribution >= 4 is 20.2 Å². The van der Waals surface area contributed by atoms with Gasteiger partial charge in [0.15, 0.2) is 0 Å². The molecular weight excluding hydrogens is 604 g/mol. The third-order valence-corrected chi connectivity index (χ3v) is 16.5. The standard InChI is InChI=1S/C24H27O5.ClH.Hg/c1-23(17-29-22(26)19-12-7-4-8-13-19)14-9-15-24(2,27)20(23)16-28-21(25)18-10-5-3-6-11-18;;/h3-8,10-14,20,27H,9,15-17H2,1-2H3;1H;/q;;+1/p-1/t20-,23+,24+;;/m1../s1. The fourth-order valence-electron chi connectivity index (χ4n) is 4.50. The fraction of sp³-hybridized carbons (Fsp3) is 0.417. The van der Waals surface area contributed by atoms with Crippen molar-refractivity contribution in [2.75, 3.05) is 13.2 Å². The van der Waals surface area contributed by atoms with Crippen molar-refractivity contribution in [2.24, 2.45) is 11.3 Å². The molecule has 1 N–H and O–H groups in total. The van der Waals surface area contributed by atoms with Crippen molar-refractivity contribution in [3.05, 3.63) is 71.8 Å². The molecule has 0 radical (unpaired) electrons. The molecule has 0 amide bonds. The number of carbonyl (C=O) groups excluding carboxylic acids is 2. The minimum absolute atomic E-state index is 0.0430. The predicted molar refractivity (Wildman–Crippen MR) is 115 cm³/mol. The molecule has 0 saturated heterocycles. The van der Waals surface area contributed by atoms with Gasteiger partial charge in [-0.05, 0) is 0 Å². The zero-order valence-electron chi connectivity index (χ0n) is 17.9. The van der Waals surface area contributed by atoms with Crippen LogP contribution in [0.4, 0.5) is 0 Å². The Hall–Kier alpha value is -1.43. The predicted octanol–water partition coefficient (Wildman–Crippen LogP) is 4.89. The van der Waals surface area contributed by atoms with Gasteiger partial charge in [-0.15, -0.1) is 0 Å². The molecule has 1 fully saturated rings. The molecule has 2 aromatic carbocycles. The van der Waals surface area contributed by atoms with Gasteiger partial charge in [-0.1, -0.05) is 0 Å². The zero-order valence-corrected chi connectivity index (χ0v) is 24.2. The van der Waals surface area contributed by atoms with Crippen molar-refractivity contribution < 1.29 is 47.5 Å². The summed E-state index contributed by atoms with van der Waals surface area (Å²) in [5.74, 6) is -1.23. The van der Waals surface area contributed by atoms with E-state index in [1.807, 2.05) is 19.1 Å². The van der Waals surface area contributed by atoms with Gasteiger partial charge in [0.25, 0.3) is 0 Å². The van der Waals surface area contributed by atoms with Crippen LogP contribution in [-0.4, -0.2) is 35.9 Å². The summed E-state index contributed by atoms with van der Waals surface area (Å²) in [6, 6.07) is 17.6. The first-order valence-electron chi connectivity index (χ1n) is 10.5. The molecule has 0 heterocycles. The van der Waals surface area contributed by atoms with Crippen LogP contribution in [0.2, 0.25) is 3.43 Å². The van der Waals surface area contributed by atoms with Crippen molar-refractivity contribution in [1.82, 2.24) is 0 Å². The Morgan fingerprint density at radius 1 is 1.00 bits per heavy atom. The van der Waals surface area contributed by atoms with Crippen molar-refractivity contribution in [3.8, 4) is 0 Å². The number of aliphatic hydroxyl groups is 1. The van der Waals surface area contributed by atoms with Gasteiger partial charge in [0.05, 0.1) is 0 Å². The van der Waals surface area contributed by atoms with Crippen LogP contribution < -0.4 is 0 Å². The van der Waals surface area contributed by atoms with E-state index >= 15 is 0 Å². The van der Waals surface area contributed by atoms with Crippen LogP contribution in [0.25, 0.3) is 0 Å². The second-order valence-electron chi connectivity index (χ2n) is 8.71. The number of esters is 2. The molecule has 1 aliphatic rings. The first-order chi connectivity index (χ1) is 14.8. The monoisotopic (exact) mass is 632 g/mol. The van der Waals surface area contributed by atoms with Crippen LogP contribution in [0.1, 0.15) is 47.4 Å². The molecule has 5 nitrogen and oxygen atoms in total. The van der Waals surface area contributed by atoms with E-state index in [4.69, 9.17) is 17.7 Å². The van der Waals surface area contributed by atoms with E-state index in [1.165, 1.54) is 0 Å². The first kappa shape index (κ1) is 24.2. The Morgan fingerprint density at radius 3 is 2.03 bits per heavy atom. The summed E-state index contributed by atoms with van der Waals surface area (Å²) in [5.41, 5.74) is -0.676. The summed E-state index contributed by atoms with van der Waals surface area (Å²) in [5, 5.41) is 11.2. The van der Waals surface area contributed by atoms with Crippen molar-refractivity contribution in [1.29, 1.82) is 0 Å². The Kier molecular flexibility index (Phi) is 8.17. The number of hydrogen-bond donors (Lipinski definition) is 1.